The number of amides is 2. The highest BCUT2D eigenvalue weighted by molar-refractivity contribution is 6.01. The third-order valence-corrected chi connectivity index (χ3v) is 5.30. The average molecular weight is 344 g/mol. The van der Waals surface area contributed by atoms with Gasteiger partial charge in [-0.05, 0) is 42.2 Å². The quantitative estimate of drug-likeness (QED) is 0.684. The normalized spacial score (nSPS) is 15.2. The van der Waals surface area contributed by atoms with Crippen molar-refractivity contribution in [3.8, 4) is 0 Å². The van der Waals surface area contributed by atoms with Crippen molar-refractivity contribution >= 4 is 22.5 Å². The molecule has 1 aliphatic heterocycles. The van der Waals surface area contributed by atoms with Gasteiger partial charge in [-0.3, -0.25) is 0 Å². The lowest BCUT2D eigenvalue weighted by Gasteiger charge is -2.32. The van der Waals surface area contributed by atoms with Crippen LogP contribution in [0.3, 0.4) is 0 Å². The van der Waals surface area contributed by atoms with Crippen molar-refractivity contribution in [2.75, 3.05) is 18.4 Å². The zero-order chi connectivity index (χ0) is 17.8. The van der Waals surface area contributed by atoms with Crippen LogP contribution >= 0.6 is 0 Å². The van der Waals surface area contributed by atoms with Crippen molar-refractivity contribution in [1.29, 1.82) is 0 Å². The molecule has 0 unspecified atom stereocenters. The molecule has 3 heteroatoms. The van der Waals surface area contributed by atoms with E-state index >= 15 is 0 Å². The summed E-state index contributed by atoms with van der Waals surface area (Å²) in [6, 6.07) is 24.8. The molecule has 0 atom stereocenters. The van der Waals surface area contributed by atoms with Crippen LogP contribution in [-0.2, 0) is 6.42 Å². The van der Waals surface area contributed by atoms with E-state index < -0.39 is 0 Å². The van der Waals surface area contributed by atoms with E-state index in [-0.39, 0.29) is 6.03 Å². The molecule has 1 fully saturated rings. The molecule has 0 bridgehead atoms. The third kappa shape index (κ3) is 3.72. The fourth-order valence-corrected chi connectivity index (χ4v) is 3.82. The van der Waals surface area contributed by atoms with Crippen LogP contribution in [0.5, 0.6) is 0 Å². The molecule has 1 heterocycles. The van der Waals surface area contributed by atoms with Gasteiger partial charge in [0.1, 0.15) is 0 Å². The molecule has 2 amide bonds. The van der Waals surface area contributed by atoms with Gasteiger partial charge in [-0.1, -0.05) is 66.7 Å². The minimum absolute atomic E-state index is 0.0134. The molecule has 1 saturated heterocycles. The molecule has 0 aromatic heterocycles. The van der Waals surface area contributed by atoms with Gasteiger partial charge in [0, 0.05) is 18.5 Å². The number of nitrogens with zero attached hydrogens (tertiary/aromatic N) is 1. The first-order valence-electron chi connectivity index (χ1n) is 9.37. The number of rotatable bonds is 3. The predicted octanol–water partition coefficient (Wildman–Crippen LogP) is 5.33. The summed E-state index contributed by atoms with van der Waals surface area (Å²) in [5, 5.41) is 5.34. The zero-order valence-electron chi connectivity index (χ0n) is 14.9. The Morgan fingerprint density at radius 2 is 1.58 bits per heavy atom. The van der Waals surface area contributed by atoms with Crippen LogP contribution in [0.25, 0.3) is 10.8 Å². The first-order valence-corrected chi connectivity index (χ1v) is 9.37. The summed E-state index contributed by atoms with van der Waals surface area (Å²) in [5.41, 5.74) is 2.28. The first-order chi connectivity index (χ1) is 12.8. The molecular weight excluding hydrogens is 320 g/mol. The van der Waals surface area contributed by atoms with Crippen LogP contribution in [0.2, 0.25) is 0 Å². The summed E-state index contributed by atoms with van der Waals surface area (Å²) >= 11 is 0. The summed E-state index contributed by atoms with van der Waals surface area (Å²) in [4.78, 5) is 14.6. The van der Waals surface area contributed by atoms with Crippen molar-refractivity contribution in [2.24, 2.45) is 5.92 Å². The largest absolute Gasteiger partial charge is 0.325 e. The van der Waals surface area contributed by atoms with E-state index in [4.69, 9.17) is 0 Å². The van der Waals surface area contributed by atoms with E-state index in [0.29, 0.717) is 5.92 Å². The highest BCUT2D eigenvalue weighted by Crippen LogP contribution is 2.25. The number of hydrogen-bond acceptors (Lipinski definition) is 1. The number of carbonyl (C=O) groups is 1. The van der Waals surface area contributed by atoms with Crippen molar-refractivity contribution < 1.29 is 4.79 Å². The second-order valence-corrected chi connectivity index (χ2v) is 7.08. The number of fused-ring (bicyclic) bond motifs is 1. The van der Waals surface area contributed by atoms with Crippen molar-refractivity contribution in [2.45, 2.75) is 19.3 Å². The summed E-state index contributed by atoms with van der Waals surface area (Å²) in [7, 11) is 0. The smallest absolute Gasteiger partial charge is 0.321 e. The molecular formula is C23H24N2O. The molecule has 132 valence electrons. The molecule has 0 spiro atoms. The van der Waals surface area contributed by atoms with Gasteiger partial charge in [-0.25, -0.2) is 4.79 Å². The van der Waals surface area contributed by atoms with E-state index in [1.165, 1.54) is 5.56 Å². The van der Waals surface area contributed by atoms with Gasteiger partial charge >= 0.3 is 6.03 Å². The van der Waals surface area contributed by atoms with Gasteiger partial charge in [0.15, 0.2) is 0 Å². The van der Waals surface area contributed by atoms with Gasteiger partial charge in [-0.15, -0.1) is 0 Å². The minimum Gasteiger partial charge on any atom is -0.325 e. The molecule has 26 heavy (non-hydrogen) atoms. The number of piperidine rings is 1. The molecule has 4 rings (SSSR count). The fourth-order valence-electron chi connectivity index (χ4n) is 3.82. The summed E-state index contributed by atoms with van der Waals surface area (Å²) in [6.07, 6.45) is 3.25. The van der Waals surface area contributed by atoms with E-state index in [1.807, 2.05) is 29.2 Å². The topological polar surface area (TPSA) is 32.3 Å². The van der Waals surface area contributed by atoms with Crippen LogP contribution in [-0.4, -0.2) is 24.0 Å². The Labute approximate surface area is 154 Å². The van der Waals surface area contributed by atoms with Crippen LogP contribution < -0.4 is 5.32 Å². The Balaban J connectivity index is 1.36. The Hall–Kier alpha value is -2.81. The number of urea groups is 1. The van der Waals surface area contributed by atoms with E-state index in [9.17, 15) is 4.79 Å². The van der Waals surface area contributed by atoms with E-state index in [0.717, 1.165) is 48.8 Å². The van der Waals surface area contributed by atoms with Gasteiger partial charge in [0.25, 0.3) is 0 Å². The number of anilines is 1. The number of hydrogen-bond donors (Lipinski definition) is 1. The van der Waals surface area contributed by atoms with Gasteiger partial charge in [-0.2, -0.15) is 0 Å². The lowest BCUT2D eigenvalue weighted by atomic mass is 9.90. The molecule has 3 aromatic rings. The molecule has 3 nitrogen and oxygen atoms in total. The Kier molecular flexibility index (Phi) is 4.87. The molecule has 0 aliphatic carbocycles. The number of carbonyl (C=O) groups excluding carboxylic acids is 1. The SMILES string of the molecule is O=C(Nc1cccc2ccccc12)N1CCC(Cc2ccccc2)CC1. The highest BCUT2D eigenvalue weighted by Gasteiger charge is 2.23. The Morgan fingerprint density at radius 1 is 0.885 bits per heavy atom. The Bertz CT molecular complexity index is 878. The highest BCUT2D eigenvalue weighted by atomic mass is 16.2. The molecule has 1 aliphatic rings. The van der Waals surface area contributed by atoms with Crippen molar-refractivity contribution in [1.82, 2.24) is 4.90 Å². The van der Waals surface area contributed by atoms with Gasteiger partial charge in [0.2, 0.25) is 0 Å². The maximum Gasteiger partial charge on any atom is 0.321 e. The van der Waals surface area contributed by atoms with Gasteiger partial charge < -0.3 is 10.2 Å². The average Bonchev–Trinajstić information content (AvgIpc) is 2.70. The lowest BCUT2D eigenvalue weighted by molar-refractivity contribution is 0.182. The monoisotopic (exact) mass is 344 g/mol. The van der Waals surface area contributed by atoms with Crippen molar-refractivity contribution in [3.63, 3.8) is 0 Å². The third-order valence-electron chi connectivity index (χ3n) is 5.30. The van der Waals surface area contributed by atoms with Crippen LogP contribution in [0.1, 0.15) is 18.4 Å². The fraction of sp³-hybridized carbons (Fsp3) is 0.261. The summed E-state index contributed by atoms with van der Waals surface area (Å²) < 4.78 is 0. The second-order valence-electron chi connectivity index (χ2n) is 7.08. The summed E-state index contributed by atoms with van der Waals surface area (Å²) in [6.45, 7) is 1.65. The second kappa shape index (κ2) is 7.61. The van der Waals surface area contributed by atoms with E-state index in [2.05, 4.69) is 53.8 Å². The molecule has 1 N–H and O–H groups in total. The van der Waals surface area contributed by atoms with Gasteiger partial charge in [0.05, 0.1) is 5.69 Å². The number of nitrogens with one attached hydrogen (secondary N) is 1. The maximum atomic E-state index is 12.7. The zero-order valence-corrected chi connectivity index (χ0v) is 14.9. The van der Waals surface area contributed by atoms with Crippen LogP contribution in [0, 0.1) is 5.92 Å². The molecule has 0 saturated carbocycles. The lowest BCUT2D eigenvalue weighted by Crippen LogP contribution is -2.41. The van der Waals surface area contributed by atoms with E-state index in [1.54, 1.807) is 0 Å². The molecule has 3 aromatic carbocycles. The predicted molar refractivity (Wildman–Crippen MR) is 107 cm³/mol. The number of likely N-dealkylation sites (tertiary alicyclic amines) is 1. The summed E-state index contributed by atoms with van der Waals surface area (Å²) in [5.74, 6) is 0.666. The number of benzene rings is 3. The van der Waals surface area contributed by atoms with Crippen LogP contribution in [0.15, 0.2) is 72.8 Å². The Morgan fingerprint density at radius 3 is 2.38 bits per heavy atom. The standard InChI is InChI=1S/C23H24N2O/c26-23(24-22-12-6-10-20-9-4-5-11-21(20)22)25-15-13-19(14-16-25)17-18-7-2-1-3-8-18/h1-12,19H,13-17H2,(H,24,26). The van der Waals surface area contributed by atoms with Crippen LogP contribution in [0.4, 0.5) is 10.5 Å². The first kappa shape index (κ1) is 16.6. The molecule has 0 radical (unpaired) electrons. The maximum absolute atomic E-state index is 12.7. The van der Waals surface area contributed by atoms with Crippen molar-refractivity contribution in [3.05, 3.63) is 78.4 Å². The minimum atomic E-state index is 0.0134.